The summed E-state index contributed by atoms with van der Waals surface area (Å²) < 4.78 is 0. The molecule has 0 atom stereocenters. The normalized spacial score (nSPS) is 20.8. The number of hydrogen-bond acceptors (Lipinski definition) is 2. The van der Waals surface area contributed by atoms with Crippen molar-refractivity contribution in [1.82, 2.24) is 5.32 Å². The van der Waals surface area contributed by atoms with Gasteiger partial charge in [-0.3, -0.25) is 4.79 Å². The van der Waals surface area contributed by atoms with Gasteiger partial charge in [0.05, 0.1) is 0 Å². The highest BCUT2D eigenvalue weighted by Crippen LogP contribution is 2.35. The molecule has 0 saturated carbocycles. The Kier molecular flexibility index (Phi) is 9.10. The number of halogens is 1. The van der Waals surface area contributed by atoms with Crippen molar-refractivity contribution in [2.45, 2.75) is 96.6 Å². The van der Waals surface area contributed by atoms with Crippen LogP contribution < -0.4 is 5.32 Å². The lowest BCUT2D eigenvalue weighted by molar-refractivity contribution is -0.137. The number of carboxylic acid groups (broad SMARTS) is 1. The van der Waals surface area contributed by atoms with E-state index in [0.717, 1.165) is 18.8 Å². The first-order valence-corrected chi connectivity index (χ1v) is 8.21. The molecule has 0 aromatic heterocycles. The van der Waals surface area contributed by atoms with Crippen molar-refractivity contribution in [2.75, 3.05) is 0 Å². The van der Waals surface area contributed by atoms with Gasteiger partial charge in [-0.2, -0.15) is 0 Å². The van der Waals surface area contributed by atoms with Crippen LogP contribution in [0.25, 0.3) is 0 Å². The summed E-state index contributed by atoms with van der Waals surface area (Å²) in [4.78, 5) is 10.4. The molecule has 1 rings (SSSR count). The maximum absolute atomic E-state index is 10.4. The number of unbranched alkanes of at least 4 members (excludes halogenated alkanes) is 4. The van der Waals surface area contributed by atoms with Gasteiger partial charge in [-0.25, -0.2) is 0 Å². The molecule has 21 heavy (non-hydrogen) atoms. The SMILES string of the molecule is Br.CC1(C)CC(CCCCCCCC(=O)O)CC(C)(C)N1. The van der Waals surface area contributed by atoms with Crippen LogP contribution in [0.4, 0.5) is 0 Å². The minimum atomic E-state index is -0.663. The molecule has 1 aliphatic rings. The van der Waals surface area contributed by atoms with Gasteiger partial charge in [-0.1, -0.05) is 32.1 Å². The van der Waals surface area contributed by atoms with Crippen molar-refractivity contribution in [3.05, 3.63) is 0 Å². The van der Waals surface area contributed by atoms with Gasteiger partial charge in [0.1, 0.15) is 0 Å². The van der Waals surface area contributed by atoms with Crippen LogP contribution in [0.1, 0.15) is 85.5 Å². The first kappa shape index (κ1) is 20.9. The van der Waals surface area contributed by atoms with Crippen LogP contribution in [0.5, 0.6) is 0 Å². The summed E-state index contributed by atoms with van der Waals surface area (Å²) >= 11 is 0. The first-order valence-electron chi connectivity index (χ1n) is 8.21. The molecule has 0 radical (unpaired) electrons. The Morgan fingerprint density at radius 3 is 2.00 bits per heavy atom. The Balaban J connectivity index is 0.00000400. The predicted octanol–water partition coefficient (Wildman–Crippen LogP) is 4.94. The van der Waals surface area contributed by atoms with Gasteiger partial charge in [-0.15, -0.1) is 17.0 Å². The molecule has 1 heterocycles. The molecular formula is C17H34BrNO2. The third kappa shape index (κ3) is 9.51. The van der Waals surface area contributed by atoms with Crippen LogP contribution in [0, 0.1) is 5.92 Å². The van der Waals surface area contributed by atoms with E-state index in [4.69, 9.17) is 5.11 Å². The zero-order valence-corrected chi connectivity index (χ0v) is 15.9. The Labute approximate surface area is 141 Å². The quantitative estimate of drug-likeness (QED) is 0.600. The summed E-state index contributed by atoms with van der Waals surface area (Å²) in [6.07, 6.45) is 9.84. The van der Waals surface area contributed by atoms with Crippen molar-refractivity contribution < 1.29 is 9.90 Å². The highest BCUT2D eigenvalue weighted by molar-refractivity contribution is 8.93. The molecule has 0 amide bonds. The average molecular weight is 364 g/mol. The monoisotopic (exact) mass is 363 g/mol. The number of carboxylic acids is 1. The first-order chi connectivity index (χ1) is 9.20. The van der Waals surface area contributed by atoms with Gasteiger partial charge in [0.15, 0.2) is 0 Å². The lowest BCUT2D eigenvalue weighted by atomic mass is 9.74. The molecular weight excluding hydrogens is 330 g/mol. The summed E-state index contributed by atoms with van der Waals surface area (Å²) in [6.45, 7) is 9.25. The summed E-state index contributed by atoms with van der Waals surface area (Å²) in [6, 6.07) is 0. The van der Waals surface area contributed by atoms with Crippen molar-refractivity contribution >= 4 is 23.0 Å². The maximum Gasteiger partial charge on any atom is 0.303 e. The molecule has 0 bridgehead atoms. The van der Waals surface area contributed by atoms with E-state index in [9.17, 15) is 4.79 Å². The van der Waals surface area contributed by atoms with Crippen LogP contribution in [0.15, 0.2) is 0 Å². The van der Waals surface area contributed by atoms with Crippen molar-refractivity contribution in [1.29, 1.82) is 0 Å². The second-order valence-corrected chi connectivity index (χ2v) is 7.87. The number of hydrogen-bond donors (Lipinski definition) is 2. The fourth-order valence-corrected chi connectivity index (χ4v) is 3.98. The van der Waals surface area contributed by atoms with Crippen LogP contribution in [0.2, 0.25) is 0 Å². The highest BCUT2D eigenvalue weighted by atomic mass is 79.9. The molecule has 4 heteroatoms. The van der Waals surface area contributed by atoms with Gasteiger partial charge in [-0.05, 0) is 52.9 Å². The molecule has 1 fully saturated rings. The topological polar surface area (TPSA) is 49.3 Å². The molecule has 1 saturated heterocycles. The van der Waals surface area contributed by atoms with E-state index < -0.39 is 5.97 Å². The fraction of sp³-hybridized carbons (Fsp3) is 0.941. The van der Waals surface area contributed by atoms with E-state index in [2.05, 4.69) is 33.0 Å². The molecule has 1 aliphatic heterocycles. The summed E-state index contributed by atoms with van der Waals surface area (Å²) in [7, 11) is 0. The standard InChI is InChI=1S/C17H33NO2.BrH/c1-16(2)12-14(13-17(3,4)18-16)10-8-6-5-7-9-11-15(19)20;/h14,18H,5-13H2,1-4H3,(H,19,20);1H. The van der Waals surface area contributed by atoms with E-state index in [1.54, 1.807) is 0 Å². The second kappa shape index (κ2) is 9.14. The lowest BCUT2D eigenvalue weighted by Crippen LogP contribution is -2.57. The zero-order valence-electron chi connectivity index (χ0n) is 14.2. The summed E-state index contributed by atoms with van der Waals surface area (Å²) in [5.41, 5.74) is 0.516. The maximum atomic E-state index is 10.4. The molecule has 0 aliphatic carbocycles. The Morgan fingerprint density at radius 1 is 1.00 bits per heavy atom. The Bertz CT molecular complexity index is 300. The van der Waals surface area contributed by atoms with Crippen molar-refractivity contribution in [3.63, 3.8) is 0 Å². The molecule has 0 aromatic rings. The molecule has 3 nitrogen and oxygen atoms in total. The Morgan fingerprint density at radius 2 is 1.48 bits per heavy atom. The van der Waals surface area contributed by atoms with Crippen LogP contribution in [-0.4, -0.2) is 22.2 Å². The lowest BCUT2D eigenvalue weighted by Gasteiger charge is -2.46. The van der Waals surface area contributed by atoms with Gasteiger partial charge >= 0.3 is 5.97 Å². The second-order valence-electron chi connectivity index (χ2n) is 7.87. The van der Waals surface area contributed by atoms with Crippen LogP contribution in [-0.2, 0) is 4.79 Å². The summed E-state index contributed by atoms with van der Waals surface area (Å²) in [5, 5.41) is 12.3. The fourth-order valence-electron chi connectivity index (χ4n) is 3.98. The minimum Gasteiger partial charge on any atom is -0.481 e. The largest absolute Gasteiger partial charge is 0.481 e. The van der Waals surface area contributed by atoms with E-state index in [0.29, 0.717) is 6.42 Å². The smallest absolute Gasteiger partial charge is 0.303 e. The van der Waals surface area contributed by atoms with E-state index in [1.807, 2.05) is 0 Å². The third-order valence-corrected chi connectivity index (χ3v) is 4.28. The van der Waals surface area contributed by atoms with Crippen molar-refractivity contribution in [3.8, 4) is 0 Å². The molecule has 0 spiro atoms. The molecule has 0 unspecified atom stereocenters. The molecule has 0 aromatic carbocycles. The van der Waals surface area contributed by atoms with Gasteiger partial charge in [0.25, 0.3) is 0 Å². The van der Waals surface area contributed by atoms with E-state index >= 15 is 0 Å². The number of aliphatic carboxylic acids is 1. The van der Waals surface area contributed by atoms with E-state index in [1.165, 1.54) is 38.5 Å². The minimum absolute atomic E-state index is 0. The third-order valence-electron chi connectivity index (χ3n) is 4.28. The van der Waals surface area contributed by atoms with Crippen LogP contribution in [0.3, 0.4) is 0 Å². The summed E-state index contributed by atoms with van der Waals surface area (Å²) in [5.74, 6) is 0.171. The number of nitrogens with one attached hydrogen (secondary N) is 1. The van der Waals surface area contributed by atoms with Crippen molar-refractivity contribution in [2.24, 2.45) is 5.92 Å². The predicted molar refractivity (Wildman–Crippen MR) is 94.3 cm³/mol. The molecule has 2 N–H and O–H groups in total. The Hall–Kier alpha value is -0.0900. The highest BCUT2D eigenvalue weighted by Gasteiger charge is 2.36. The number of rotatable bonds is 8. The van der Waals surface area contributed by atoms with Gasteiger partial charge < -0.3 is 10.4 Å². The number of piperidine rings is 1. The van der Waals surface area contributed by atoms with Gasteiger partial charge in [0, 0.05) is 17.5 Å². The zero-order chi connectivity index (χ0) is 15.2. The molecule has 126 valence electrons. The van der Waals surface area contributed by atoms with Crippen LogP contribution >= 0.6 is 17.0 Å². The number of carbonyl (C=O) groups is 1. The van der Waals surface area contributed by atoms with Gasteiger partial charge in [0.2, 0.25) is 0 Å². The van der Waals surface area contributed by atoms with E-state index in [-0.39, 0.29) is 28.1 Å². The average Bonchev–Trinajstić information content (AvgIpc) is 2.22.